The molecule has 0 fully saturated rings. The van der Waals surface area contributed by atoms with Gasteiger partial charge in [0, 0.05) is 5.92 Å². The number of methoxy groups -OCH3 is 1. The van der Waals surface area contributed by atoms with Gasteiger partial charge in [0.15, 0.2) is 0 Å². The third-order valence-corrected chi connectivity index (χ3v) is 3.44. The molecule has 0 saturated carbocycles. The van der Waals surface area contributed by atoms with Gasteiger partial charge in [-0.25, -0.2) is 0 Å². The van der Waals surface area contributed by atoms with Gasteiger partial charge in [-0.2, -0.15) is 0 Å². The van der Waals surface area contributed by atoms with Gasteiger partial charge in [0.2, 0.25) is 0 Å². The number of benzene rings is 2. The van der Waals surface area contributed by atoms with E-state index in [0.29, 0.717) is 0 Å². The smallest absolute Gasteiger partial charge is 0.119 e. The van der Waals surface area contributed by atoms with E-state index < -0.39 is 0 Å². The highest BCUT2D eigenvalue weighted by Crippen LogP contribution is 2.45. The topological polar surface area (TPSA) is 29.5 Å². The maximum atomic E-state index is 9.58. The van der Waals surface area contributed by atoms with Crippen LogP contribution in [0.2, 0.25) is 0 Å². The Morgan fingerprint density at radius 2 is 1.82 bits per heavy atom. The number of aliphatic hydroxyl groups is 1. The second-order valence-corrected chi connectivity index (χ2v) is 4.28. The van der Waals surface area contributed by atoms with Gasteiger partial charge in [-0.3, -0.25) is 0 Å². The lowest BCUT2D eigenvalue weighted by Gasteiger charge is -2.10. The maximum Gasteiger partial charge on any atom is 0.119 e. The van der Waals surface area contributed by atoms with Gasteiger partial charge in [-0.1, -0.05) is 30.3 Å². The Bertz CT molecular complexity index is 561. The summed E-state index contributed by atoms with van der Waals surface area (Å²) in [6.45, 7) is 0.136. The van der Waals surface area contributed by atoms with Crippen molar-refractivity contribution in [3.8, 4) is 16.9 Å². The summed E-state index contributed by atoms with van der Waals surface area (Å²) in [7, 11) is 1.66. The van der Waals surface area contributed by atoms with Crippen molar-refractivity contribution in [3.05, 3.63) is 53.6 Å². The predicted octanol–water partition coefficient (Wildman–Crippen LogP) is 2.80. The van der Waals surface area contributed by atoms with E-state index in [-0.39, 0.29) is 12.5 Å². The quantitative estimate of drug-likeness (QED) is 0.853. The third kappa shape index (κ3) is 1.45. The molecule has 0 heterocycles. The minimum atomic E-state index is 0.0799. The Morgan fingerprint density at radius 1 is 1.06 bits per heavy atom. The molecule has 86 valence electrons. The highest BCUT2D eigenvalue weighted by molar-refractivity contribution is 5.79. The van der Waals surface area contributed by atoms with E-state index in [0.717, 1.165) is 11.3 Å². The van der Waals surface area contributed by atoms with Crippen LogP contribution in [0.25, 0.3) is 11.1 Å². The van der Waals surface area contributed by atoms with Crippen LogP contribution in [0.15, 0.2) is 42.5 Å². The van der Waals surface area contributed by atoms with E-state index in [1.807, 2.05) is 24.3 Å². The van der Waals surface area contributed by atoms with Crippen LogP contribution in [-0.2, 0) is 0 Å². The number of hydrogen-bond acceptors (Lipinski definition) is 2. The molecule has 0 amide bonds. The summed E-state index contributed by atoms with van der Waals surface area (Å²) in [6, 6.07) is 14.3. The summed E-state index contributed by atoms with van der Waals surface area (Å²) in [4.78, 5) is 0. The van der Waals surface area contributed by atoms with E-state index in [9.17, 15) is 5.11 Å². The van der Waals surface area contributed by atoms with Crippen LogP contribution in [0.1, 0.15) is 17.0 Å². The minimum Gasteiger partial charge on any atom is -0.497 e. The molecular formula is C15H14O2. The monoisotopic (exact) mass is 226 g/mol. The zero-order valence-corrected chi connectivity index (χ0v) is 9.68. The summed E-state index contributed by atoms with van der Waals surface area (Å²) in [5, 5.41) is 9.58. The molecule has 1 aliphatic carbocycles. The zero-order chi connectivity index (χ0) is 11.8. The van der Waals surface area contributed by atoms with Gasteiger partial charge >= 0.3 is 0 Å². The molecular weight excluding hydrogens is 212 g/mol. The van der Waals surface area contributed by atoms with E-state index >= 15 is 0 Å². The molecule has 1 unspecified atom stereocenters. The molecule has 0 bridgehead atoms. The molecule has 0 saturated heterocycles. The van der Waals surface area contributed by atoms with Crippen molar-refractivity contribution in [1.82, 2.24) is 0 Å². The summed E-state index contributed by atoms with van der Waals surface area (Å²) in [5.74, 6) is 0.923. The lowest BCUT2D eigenvalue weighted by molar-refractivity contribution is 0.282. The molecule has 1 atom stereocenters. The van der Waals surface area contributed by atoms with Crippen molar-refractivity contribution in [2.75, 3.05) is 13.7 Å². The first-order valence-corrected chi connectivity index (χ1v) is 5.73. The SMILES string of the molecule is COc1ccc2c(c1)C(CO)c1ccccc1-2. The molecule has 0 aromatic heterocycles. The first-order valence-electron chi connectivity index (χ1n) is 5.73. The van der Waals surface area contributed by atoms with Gasteiger partial charge in [-0.15, -0.1) is 0 Å². The lowest BCUT2D eigenvalue weighted by Crippen LogP contribution is -2.01. The van der Waals surface area contributed by atoms with Crippen LogP contribution in [0.3, 0.4) is 0 Å². The molecule has 0 spiro atoms. The van der Waals surface area contributed by atoms with Crippen molar-refractivity contribution in [1.29, 1.82) is 0 Å². The molecule has 1 N–H and O–H groups in total. The van der Waals surface area contributed by atoms with E-state index in [1.54, 1.807) is 7.11 Å². The summed E-state index contributed by atoms with van der Waals surface area (Å²) < 4.78 is 5.25. The van der Waals surface area contributed by atoms with Gasteiger partial charge in [-0.05, 0) is 34.4 Å². The number of ether oxygens (including phenoxy) is 1. The summed E-state index contributed by atoms with van der Waals surface area (Å²) >= 11 is 0. The average Bonchev–Trinajstić information content (AvgIpc) is 2.71. The van der Waals surface area contributed by atoms with Crippen LogP contribution < -0.4 is 4.74 Å². The van der Waals surface area contributed by atoms with Gasteiger partial charge in [0.1, 0.15) is 5.75 Å². The molecule has 17 heavy (non-hydrogen) atoms. The number of aliphatic hydroxyl groups excluding tert-OH is 1. The number of hydrogen-bond donors (Lipinski definition) is 1. The van der Waals surface area contributed by atoms with Crippen molar-refractivity contribution in [2.24, 2.45) is 0 Å². The molecule has 2 aromatic carbocycles. The van der Waals surface area contributed by atoms with Gasteiger partial charge < -0.3 is 9.84 Å². The lowest BCUT2D eigenvalue weighted by atomic mass is 9.98. The van der Waals surface area contributed by atoms with Crippen LogP contribution in [-0.4, -0.2) is 18.8 Å². The Hall–Kier alpha value is -1.80. The Morgan fingerprint density at radius 3 is 2.59 bits per heavy atom. The van der Waals surface area contributed by atoms with Crippen molar-refractivity contribution in [2.45, 2.75) is 5.92 Å². The van der Waals surface area contributed by atoms with Crippen molar-refractivity contribution >= 4 is 0 Å². The van der Waals surface area contributed by atoms with E-state index in [4.69, 9.17) is 4.74 Å². The van der Waals surface area contributed by atoms with Crippen LogP contribution in [0.4, 0.5) is 0 Å². The van der Waals surface area contributed by atoms with Crippen LogP contribution in [0.5, 0.6) is 5.75 Å². The normalized spacial score (nSPS) is 16.5. The number of fused-ring (bicyclic) bond motifs is 3. The second-order valence-electron chi connectivity index (χ2n) is 4.28. The van der Waals surface area contributed by atoms with E-state index in [1.165, 1.54) is 16.7 Å². The van der Waals surface area contributed by atoms with Gasteiger partial charge in [0.05, 0.1) is 13.7 Å². The third-order valence-electron chi connectivity index (χ3n) is 3.44. The van der Waals surface area contributed by atoms with E-state index in [2.05, 4.69) is 18.2 Å². The minimum absolute atomic E-state index is 0.0799. The Kier molecular flexibility index (Phi) is 2.37. The van der Waals surface area contributed by atoms with Crippen molar-refractivity contribution < 1.29 is 9.84 Å². The first-order chi connectivity index (χ1) is 8.35. The first kappa shape index (κ1) is 10.4. The van der Waals surface area contributed by atoms with Gasteiger partial charge in [0.25, 0.3) is 0 Å². The fourth-order valence-electron chi connectivity index (χ4n) is 2.61. The average molecular weight is 226 g/mol. The standard InChI is InChI=1S/C15H14O2/c1-17-10-6-7-13-11-4-2-3-5-12(11)15(9-16)14(13)8-10/h2-8,15-16H,9H2,1H3. The molecule has 2 aromatic rings. The molecule has 3 rings (SSSR count). The van der Waals surface area contributed by atoms with Crippen molar-refractivity contribution in [3.63, 3.8) is 0 Å². The molecule has 2 nitrogen and oxygen atoms in total. The Labute approximate surface area is 100 Å². The number of rotatable bonds is 2. The summed E-state index contributed by atoms with van der Waals surface area (Å²) in [5.41, 5.74) is 4.80. The zero-order valence-electron chi connectivity index (χ0n) is 9.68. The largest absolute Gasteiger partial charge is 0.497 e. The van der Waals surface area contributed by atoms with Crippen LogP contribution >= 0.6 is 0 Å². The maximum absolute atomic E-state index is 9.58. The second kappa shape index (κ2) is 3.90. The fraction of sp³-hybridized carbons (Fsp3) is 0.200. The molecule has 0 aliphatic heterocycles. The predicted molar refractivity (Wildman–Crippen MR) is 67.4 cm³/mol. The fourth-order valence-corrected chi connectivity index (χ4v) is 2.61. The van der Waals surface area contributed by atoms with Crippen LogP contribution in [0, 0.1) is 0 Å². The Balaban J connectivity index is 2.23. The highest BCUT2D eigenvalue weighted by Gasteiger charge is 2.27. The molecule has 2 heteroatoms. The molecule has 0 radical (unpaired) electrons. The highest BCUT2D eigenvalue weighted by atomic mass is 16.5. The molecule has 1 aliphatic rings. The summed E-state index contributed by atoms with van der Waals surface area (Å²) in [6.07, 6.45) is 0.